The van der Waals surface area contributed by atoms with Crippen molar-refractivity contribution >= 4 is 33.5 Å². The van der Waals surface area contributed by atoms with Crippen LogP contribution in [0.3, 0.4) is 0 Å². The van der Waals surface area contributed by atoms with Gasteiger partial charge in [0.25, 0.3) is 0 Å². The van der Waals surface area contributed by atoms with E-state index < -0.39 is 12.8 Å². The van der Waals surface area contributed by atoms with Crippen LogP contribution in [0.4, 0.5) is 13.2 Å². The van der Waals surface area contributed by atoms with Crippen LogP contribution < -0.4 is 4.74 Å². The molecule has 1 N–H and O–H groups in total. The molecule has 0 aliphatic rings. The summed E-state index contributed by atoms with van der Waals surface area (Å²) in [6.45, 7) is -1.29. The van der Waals surface area contributed by atoms with Gasteiger partial charge in [-0.05, 0) is 34.7 Å². The monoisotopic (exact) mass is 342 g/mol. The third-order valence-electron chi connectivity index (χ3n) is 1.89. The first-order valence-electron chi connectivity index (χ1n) is 4.29. The quantitative estimate of drug-likeness (QED) is 0.852. The molecule has 0 atom stereocenters. The van der Waals surface area contributed by atoms with Gasteiger partial charge in [-0.2, -0.15) is 18.3 Å². The number of benzene rings is 1. The highest BCUT2D eigenvalue weighted by Crippen LogP contribution is 2.24. The number of aromatic nitrogens is 2. The first kappa shape index (κ1) is 11.5. The Morgan fingerprint density at radius 2 is 2.12 bits per heavy atom. The van der Waals surface area contributed by atoms with Crippen LogP contribution in [0.2, 0.25) is 0 Å². The Hall–Kier alpha value is -0.990. The van der Waals surface area contributed by atoms with Crippen LogP contribution in [-0.2, 0) is 0 Å². The molecule has 0 amide bonds. The van der Waals surface area contributed by atoms with Crippen LogP contribution in [0.5, 0.6) is 5.75 Å². The number of H-pyrrole nitrogens is 1. The number of nitrogens with zero attached hydrogens (tertiary/aromatic N) is 1. The Bertz CT molecular complexity index is 509. The number of alkyl halides is 3. The van der Waals surface area contributed by atoms with E-state index >= 15 is 0 Å². The van der Waals surface area contributed by atoms with Crippen LogP contribution in [0.1, 0.15) is 0 Å². The Labute approximate surface area is 102 Å². The maximum Gasteiger partial charge on any atom is 0.422 e. The molecule has 0 aliphatic heterocycles. The summed E-state index contributed by atoms with van der Waals surface area (Å²) in [5.41, 5.74) is 0.657. The van der Waals surface area contributed by atoms with Crippen molar-refractivity contribution in [1.29, 1.82) is 0 Å². The molecule has 3 nitrogen and oxygen atoms in total. The van der Waals surface area contributed by atoms with Gasteiger partial charge in [-0.25, -0.2) is 0 Å². The molecule has 0 unspecified atom stereocenters. The number of rotatable bonds is 2. The Morgan fingerprint density at radius 1 is 1.38 bits per heavy atom. The smallest absolute Gasteiger partial charge is 0.422 e. The molecular formula is C9H6F3IN2O. The van der Waals surface area contributed by atoms with Crippen molar-refractivity contribution in [3.8, 4) is 5.75 Å². The lowest BCUT2D eigenvalue weighted by molar-refractivity contribution is -0.153. The normalized spacial score (nSPS) is 12.0. The number of ether oxygens (including phenoxy) is 1. The van der Waals surface area contributed by atoms with Gasteiger partial charge in [-0.1, -0.05) is 0 Å². The van der Waals surface area contributed by atoms with Crippen LogP contribution in [0.15, 0.2) is 18.2 Å². The number of halogens is 4. The third kappa shape index (κ3) is 2.57. The fourth-order valence-corrected chi connectivity index (χ4v) is 1.81. The summed E-state index contributed by atoms with van der Waals surface area (Å²) in [5.74, 6) is 0.171. The molecular weight excluding hydrogens is 336 g/mol. The highest BCUT2D eigenvalue weighted by molar-refractivity contribution is 14.1. The molecule has 2 rings (SSSR count). The van der Waals surface area contributed by atoms with Gasteiger partial charge in [-0.3, -0.25) is 5.10 Å². The van der Waals surface area contributed by atoms with E-state index in [1.165, 1.54) is 12.1 Å². The molecule has 1 heterocycles. The van der Waals surface area contributed by atoms with Crippen molar-refractivity contribution < 1.29 is 17.9 Å². The van der Waals surface area contributed by atoms with Crippen molar-refractivity contribution in [3.05, 3.63) is 21.9 Å². The second kappa shape index (κ2) is 4.11. The Balaban J connectivity index is 2.20. The molecule has 0 spiro atoms. The minimum absolute atomic E-state index is 0.171. The SMILES string of the molecule is FC(F)(F)COc1ccc2c(I)n[nH]c2c1. The van der Waals surface area contributed by atoms with Gasteiger partial charge < -0.3 is 4.74 Å². The van der Waals surface area contributed by atoms with Gasteiger partial charge in [0.1, 0.15) is 9.45 Å². The standard InChI is InChI=1S/C9H6F3IN2O/c10-9(11,12)4-16-5-1-2-6-7(3-5)14-15-8(6)13/h1-3H,4H2,(H,14,15). The third-order valence-corrected chi connectivity index (χ3v) is 2.71. The van der Waals surface area contributed by atoms with Crippen LogP contribution in [0, 0.1) is 3.70 Å². The molecule has 1 aromatic heterocycles. The van der Waals surface area contributed by atoms with E-state index in [9.17, 15) is 13.2 Å². The number of hydrogen-bond acceptors (Lipinski definition) is 2. The molecule has 16 heavy (non-hydrogen) atoms. The molecule has 0 saturated carbocycles. The summed E-state index contributed by atoms with van der Waals surface area (Å²) in [6.07, 6.45) is -4.32. The minimum atomic E-state index is -4.32. The summed E-state index contributed by atoms with van der Waals surface area (Å²) in [7, 11) is 0. The Morgan fingerprint density at radius 3 is 2.81 bits per heavy atom. The summed E-state index contributed by atoms with van der Waals surface area (Å²) >= 11 is 2.04. The topological polar surface area (TPSA) is 37.9 Å². The van der Waals surface area contributed by atoms with E-state index in [0.717, 1.165) is 9.09 Å². The average Bonchev–Trinajstić information content (AvgIpc) is 2.56. The Kier molecular flexibility index (Phi) is 2.96. The highest BCUT2D eigenvalue weighted by atomic mass is 127. The average molecular weight is 342 g/mol. The van der Waals surface area contributed by atoms with Gasteiger partial charge in [0.2, 0.25) is 0 Å². The molecule has 86 valence electrons. The second-order valence-corrected chi connectivity index (χ2v) is 4.15. The number of fused-ring (bicyclic) bond motifs is 1. The lowest BCUT2D eigenvalue weighted by Gasteiger charge is -2.08. The molecule has 0 radical (unpaired) electrons. The fraction of sp³-hybridized carbons (Fsp3) is 0.222. The van der Waals surface area contributed by atoms with Crippen LogP contribution >= 0.6 is 22.6 Å². The highest BCUT2D eigenvalue weighted by Gasteiger charge is 2.28. The van der Waals surface area contributed by atoms with Gasteiger partial charge in [0.15, 0.2) is 6.61 Å². The molecule has 7 heteroatoms. The second-order valence-electron chi connectivity index (χ2n) is 3.13. The minimum Gasteiger partial charge on any atom is -0.484 e. The molecule has 0 bridgehead atoms. The van der Waals surface area contributed by atoms with Crippen molar-refractivity contribution in [3.63, 3.8) is 0 Å². The van der Waals surface area contributed by atoms with Crippen molar-refractivity contribution in [2.45, 2.75) is 6.18 Å². The van der Waals surface area contributed by atoms with Gasteiger partial charge in [0, 0.05) is 11.5 Å². The maximum atomic E-state index is 11.9. The molecule has 2 aromatic rings. The molecule has 0 saturated heterocycles. The zero-order chi connectivity index (χ0) is 11.8. The van der Waals surface area contributed by atoms with E-state index in [1.54, 1.807) is 6.07 Å². The maximum absolute atomic E-state index is 11.9. The summed E-state index contributed by atoms with van der Waals surface area (Å²) < 4.78 is 41.1. The summed E-state index contributed by atoms with van der Waals surface area (Å²) in [5, 5.41) is 7.50. The van der Waals surface area contributed by atoms with E-state index in [1.807, 2.05) is 22.6 Å². The van der Waals surface area contributed by atoms with Crippen LogP contribution in [-0.4, -0.2) is 23.0 Å². The number of aromatic amines is 1. The fourth-order valence-electron chi connectivity index (χ4n) is 1.22. The first-order valence-corrected chi connectivity index (χ1v) is 5.37. The van der Waals surface area contributed by atoms with E-state index in [0.29, 0.717) is 5.52 Å². The van der Waals surface area contributed by atoms with Crippen molar-refractivity contribution in [2.75, 3.05) is 6.61 Å². The summed E-state index contributed by atoms with van der Waals surface area (Å²) in [6, 6.07) is 4.66. The largest absolute Gasteiger partial charge is 0.484 e. The first-order chi connectivity index (χ1) is 7.46. The van der Waals surface area contributed by atoms with Crippen molar-refractivity contribution in [1.82, 2.24) is 10.2 Å². The van der Waals surface area contributed by atoms with Gasteiger partial charge in [0.05, 0.1) is 5.52 Å². The molecule has 0 aliphatic carbocycles. The van der Waals surface area contributed by atoms with Gasteiger partial charge >= 0.3 is 6.18 Å². The van der Waals surface area contributed by atoms with Gasteiger partial charge in [-0.15, -0.1) is 0 Å². The number of nitrogens with one attached hydrogen (secondary N) is 1. The lowest BCUT2D eigenvalue weighted by Crippen LogP contribution is -2.19. The van der Waals surface area contributed by atoms with Crippen molar-refractivity contribution in [2.24, 2.45) is 0 Å². The summed E-state index contributed by atoms with van der Waals surface area (Å²) in [4.78, 5) is 0. The molecule has 0 fully saturated rings. The van der Waals surface area contributed by atoms with E-state index in [2.05, 4.69) is 14.9 Å². The zero-order valence-corrected chi connectivity index (χ0v) is 9.96. The number of hydrogen-bond donors (Lipinski definition) is 1. The predicted molar refractivity (Wildman–Crippen MR) is 60.4 cm³/mol. The van der Waals surface area contributed by atoms with E-state index in [4.69, 9.17) is 0 Å². The zero-order valence-electron chi connectivity index (χ0n) is 7.81. The van der Waals surface area contributed by atoms with Crippen LogP contribution in [0.25, 0.3) is 10.9 Å². The lowest BCUT2D eigenvalue weighted by atomic mass is 10.2. The van der Waals surface area contributed by atoms with E-state index in [-0.39, 0.29) is 5.75 Å². The molecule has 1 aromatic carbocycles. The predicted octanol–water partition coefficient (Wildman–Crippen LogP) is 3.11.